The summed E-state index contributed by atoms with van der Waals surface area (Å²) in [6.07, 6.45) is 6.93. The average molecular weight is 447 g/mol. The fraction of sp³-hybridized carbons (Fsp3) is 0.346. The molecule has 2 aliphatic heterocycles. The number of aliphatic hydroxyl groups excluding tert-OH is 1. The molecule has 2 fully saturated rings. The monoisotopic (exact) mass is 446 g/mol. The summed E-state index contributed by atoms with van der Waals surface area (Å²) in [7, 11) is 0. The van der Waals surface area contributed by atoms with Gasteiger partial charge in [-0.25, -0.2) is 14.4 Å². The van der Waals surface area contributed by atoms with Crippen LogP contribution in [0.4, 0.5) is 4.39 Å². The van der Waals surface area contributed by atoms with Crippen LogP contribution in [0.1, 0.15) is 34.7 Å². The van der Waals surface area contributed by atoms with Crippen molar-refractivity contribution in [2.75, 3.05) is 26.2 Å². The highest BCUT2D eigenvalue weighted by atomic mass is 19.1. The number of hydrogen-bond donors (Lipinski definition) is 1. The Kier molecular flexibility index (Phi) is 6.15. The molecule has 2 aromatic carbocycles. The Balaban J connectivity index is 1.39. The lowest BCUT2D eigenvalue weighted by Gasteiger charge is -2.57. The lowest BCUT2D eigenvalue weighted by Crippen LogP contribution is -2.67. The number of rotatable bonds is 4. The number of benzene rings is 2. The van der Waals surface area contributed by atoms with Crippen LogP contribution in [0.25, 0.3) is 11.1 Å². The van der Waals surface area contributed by atoms with Crippen LogP contribution >= 0.6 is 0 Å². The number of aliphatic hydroxyl groups is 1. The Morgan fingerprint density at radius 1 is 1.03 bits per heavy atom. The summed E-state index contributed by atoms with van der Waals surface area (Å²) in [6.45, 7) is 2.20. The fourth-order valence-electron chi connectivity index (χ4n) is 5.27. The smallest absolute Gasteiger partial charge is 0.254 e. The lowest BCUT2D eigenvalue weighted by molar-refractivity contribution is -0.0606. The van der Waals surface area contributed by atoms with E-state index in [1.165, 1.54) is 18.5 Å². The SMILES string of the molecule is O=C(c1cccc(F)c1)N1CCCCN2[C@H](C1)[C@H](c1ccc(-c3cncnc3)cc1)[C@@H]2CO. The summed E-state index contributed by atoms with van der Waals surface area (Å²) >= 11 is 0. The van der Waals surface area contributed by atoms with Crippen molar-refractivity contribution in [1.82, 2.24) is 19.8 Å². The van der Waals surface area contributed by atoms with Crippen LogP contribution in [0.5, 0.6) is 0 Å². The average Bonchev–Trinajstić information content (AvgIpc) is 2.83. The molecule has 1 amide bonds. The van der Waals surface area contributed by atoms with E-state index in [-0.39, 0.29) is 30.5 Å². The molecule has 5 rings (SSSR count). The molecule has 2 saturated heterocycles. The van der Waals surface area contributed by atoms with Gasteiger partial charge in [0, 0.05) is 54.6 Å². The van der Waals surface area contributed by atoms with E-state index in [4.69, 9.17) is 0 Å². The molecule has 0 bridgehead atoms. The molecule has 7 heteroatoms. The van der Waals surface area contributed by atoms with Crippen molar-refractivity contribution in [3.8, 4) is 11.1 Å². The Morgan fingerprint density at radius 2 is 1.79 bits per heavy atom. The second-order valence-electron chi connectivity index (χ2n) is 8.80. The number of carbonyl (C=O) groups is 1. The maximum absolute atomic E-state index is 13.7. The topological polar surface area (TPSA) is 69.6 Å². The van der Waals surface area contributed by atoms with Gasteiger partial charge in [0.1, 0.15) is 12.1 Å². The molecular formula is C26H27FN4O2. The molecular weight excluding hydrogens is 419 g/mol. The first-order valence-electron chi connectivity index (χ1n) is 11.4. The van der Waals surface area contributed by atoms with Crippen molar-refractivity contribution in [3.05, 3.63) is 84.2 Å². The van der Waals surface area contributed by atoms with Crippen molar-refractivity contribution >= 4 is 5.91 Å². The molecule has 0 spiro atoms. The number of amides is 1. The molecule has 2 aliphatic rings. The lowest BCUT2D eigenvalue weighted by atomic mass is 9.74. The maximum atomic E-state index is 13.7. The molecule has 0 radical (unpaired) electrons. The van der Waals surface area contributed by atoms with E-state index in [1.807, 2.05) is 4.90 Å². The van der Waals surface area contributed by atoms with Crippen molar-refractivity contribution in [2.45, 2.75) is 30.8 Å². The first-order valence-corrected chi connectivity index (χ1v) is 11.4. The zero-order chi connectivity index (χ0) is 22.8. The van der Waals surface area contributed by atoms with Crippen molar-refractivity contribution in [2.24, 2.45) is 0 Å². The van der Waals surface area contributed by atoms with Crippen LogP contribution in [0.2, 0.25) is 0 Å². The van der Waals surface area contributed by atoms with Gasteiger partial charge in [-0.15, -0.1) is 0 Å². The minimum absolute atomic E-state index is 0.0325. The molecule has 0 saturated carbocycles. The van der Waals surface area contributed by atoms with Crippen LogP contribution < -0.4 is 0 Å². The number of hydrogen-bond acceptors (Lipinski definition) is 5. The molecule has 3 aromatic rings. The highest BCUT2D eigenvalue weighted by Gasteiger charge is 2.49. The quantitative estimate of drug-likeness (QED) is 0.666. The third kappa shape index (κ3) is 4.26. The second kappa shape index (κ2) is 9.37. The Bertz CT molecular complexity index is 1110. The van der Waals surface area contributed by atoms with Gasteiger partial charge in [0.2, 0.25) is 0 Å². The van der Waals surface area contributed by atoms with E-state index in [2.05, 4.69) is 39.1 Å². The number of carbonyl (C=O) groups excluding carboxylic acids is 1. The van der Waals surface area contributed by atoms with Crippen molar-refractivity contribution < 1.29 is 14.3 Å². The first kappa shape index (κ1) is 21.7. The van der Waals surface area contributed by atoms with Gasteiger partial charge in [-0.2, -0.15) is 0 Å². The van der Waals surface area contributed by atoms with Crippen LogP contribution in [-0.2, 0) is 0 Å². The number of nitrogens with zero attached hydrogens (tertiary/aromatic N) is 4. The first-order chi connectivity index (χ1) is 16.2. The molecule has 0 aliphatic carbocycles. The van der Waals surface area contributed by atoms with Gasteiger partial charge in [0.05, 0.1) is 6.61 Å². The molecule has 1 N–H and O–H groups in total. The minimum Gasteiger partial charge on any atom is -0.395 e. The van der Waals surface area contributed by atoms with E-state index in [1.54, 1.807) is 24.5 Å². The van der Waals surface area contributed by atoms with E-state index < -0.39 is 5.82 Å². The second-order valence-corrected chi connectivity index (χ2v) is 8.80. The zero-order valence-electron chi connectivity index (χ0n) is 18.3. The highest BCUT2D eigenvalue weighted by Crippen LogP contribution is 2.42. The zero-order valence-corrected chi connectivity index (χ0v) is 18.3. The number of aromatic nitrogens is 2. The molecule has 1 aromatic heterocycles. The molecule has 0 unspecified atom stereocenters. The maximum Gasteiger partial charge on any atom is 0.254 e. The van der Waals surface area contributed by atoms with Gasteiger partial charge in [0.15, 0.2) is 0 Å². The largest absolute Gasteiger partial charge is 0.395 e. The molecule has 3 heterocycles. The minimum atomic E-state index is -0.403. The third-order valence-corrected chi connectivity index (χ3v) is 6.92. The van der Waals surface area contributed by atoms with Gasteiger partial charge < -0.3 is 10.0 Å². The van der Waals surface area contributed by atoms with Gasteiger partial charge in [0.25, 0.3) is 5.91 Å². The summed E-state index contributed by atoms with van der Waals surface area (Å²) in [6, 6.07) is 14.4. The molecule has 33 heavy (non-hydrogen) atoms. The normalized spacial score (nSPS) is 23.2. The van der Waals surface area contributed by atoms with Crippen LogP contribution in [-0.4, -0.2) is 69.1 Å². The fourth-order valence-corrected chi connectivity index (χ4v) is 5.27. The summed E-state index contributed by atoms with van der Waals surface area (Å²) in [5.41, 5.74) is 3.52. The molecule has 3 atom stereocenters. The van der Waals surface area contributed by atoms with E-state index in [0.29, 0.717) is 18.7 Å². The van der Waals surface area contributed by atoms with Gasteiger partial charge in [-0.3, -0.25) is 9.69 Å². The predicted molar refractivity (Wildman–Crippen MR) is 123 cm³/mol. The Hall–Kier alpha value is -3.16. The van der Waals surface area contributed by atoms with Crippen LogP contribution in [0, 0.1) is 5.82 Å². The van der Waals surface area contributed by atoms with Crippen LogP contribution in [0.15, 0.2) is 67.3 Å². The number of fused-ring (bicyclic) bond motifs is 1. The Morgan fingerprint density at radius 3 is 2.52 bits per heavy atom. The van der Waals surface area contributed by atoms with Gasteiger partial charge >= 0.3 is 0 Å². The van der Waals surface area contributed by atoms with Crippen molar-refractivity contribution in [3.63, 3.8) is 0 Å². The molecule has 170 valence electrons. The highest BCUT2D eigenvalue weighted by molar-refractivity contribution is 5.94. The summed E-state index contributed by atoms with van der Waals surface area (Å²) in [5, 5.41) is 10.2. The van der Waals surface area contributed by atoms with Crippen LogP contribution in [0.3, 0.4) is 0 Å². The Labute approximate surface area is 192 Å². The predicted octanol–water partition coefficient (Wildman–Crippen LogP) is 3.35. The third-order valence-electron chi connectivity index (χ3n) is 6.92. The van der Waals surface area contributed by atoms with Crippen molar-refractivity contribution in [1.29, 1.82) is 0 Å². The van der Waals surface area contributed by atoms with Gasteiger partial charge in [-0.1, -0.05) is 30.3 Å². The standard InChI is InChI=1S/C26H27FN4O2/c27-22-5-3-4-20(12-22)26(33)30-10-1-2-11-31-23(15-30)25(24(31)16-32)19-8-6-18(7-9-19)21-13-28-17-29-14-21/h3-9,12-14,17,23-25,32H,1-2,10-11,15-16H2/t23-,24+,25+/m1/s1. The van der Waals surface area contributed by atoms with E-state index in [9.17, 15) is 14.3 Å². The summed E-state index contributed by atoms with van der Waals surface area (Å²) in [4.78, 5) is 25.5. The van der Waals surface area contributed by atoms with E-state index in [0.717, 1.165) is 36.1 Å². The van der Waals surface area contributed by atoms with Gasteiger partial charge in [-0.05, 0) is 48.7 Å². The summed E-state index contributed by atoms with van der Waals surface area (Å²) < 4.78 is 13.7. The summed E-state index contributed by atoms with van der Waals surface area (Å²) in [5.74, 6) is -0.417. The molecule has 6 nitrogen and oxygen atoms in total. The van der Waals surface area contributed by atoms with E-state index >= 15 is 0 Å². The number of halogens is 1.